The largest absolute Gasteiger partial charge is 0.396 e. The predicted octanol–water partition coefficient (Wildman–Crippen LogP) is 1.68. The van der Waals surface area contributed by atoms with Crippen LogP contribution in [0.15, 0.2) is 30.9 Å². The third kappa shape index (κ3) is 2.61. The van der Waals surface area contributed by atoms with Crippen molar-refractivity contribution in [1.29, 1.82) is 0 Å². The highest BCUT2D eigenvalue weighted by Gasteiger charge is 2.20. The van der Waals surface area contributed by atoms with Crippen molar-refractivity contribution in [1.82, 2.24) is 15.0 Å². The van der Waals surface area contributed by atoms with Crippen LogP contribution in [0.1, 0.15) is 12.8 Å². The van der Waals surface area contributed by atoms with Gasteiger partial charge >= 0.3 is 0 Å². The Labute approximate surface area is 112 Å². The third-order valence-electron chi connectivity index (χ3n) is 3.63. The molecule has 100 valence electrons. The maximum atomic E-state index is 9.25. The van der Waals surface area contributed by atoms with Gasteiger partial charge in [-0.1, -0.05) is 0 Å². The van der Waals surface area contributed by atoms with Crippen molar-refractivity contribution < 1.29 is 5.11 Å². The molecule has 2 aromatic heterocycles. The number of nitrogens with one attached hydrogen (secondary N) is 1. The van der Waals surface area contributed by atoms with Crippen molar-refractivity contribution in [3.8, 4) is 11.1 Å². The van der Waals surface area contributed by atoms with E-state index in [0.29, 0.717) is 5.92 Å². The lowest BCUT2D eigenvalue weighted by Gasteiger charge is -2.31. The second kappa shape index (κ2) is 5.40. The summed E-state index contributed by atoms with van der Waals surface area (Å²) in [4.78, 5) is 14.1. The molecule has 0 aliphatic carbocycles. The molecule has 2 N–H and O–H groups in total. The van der Waals surface area contributed by atoms with Crippen molar-refractivity contribution in [2.24, 2.45) is 5.92 Å². The van der Waals surface area contributed by atoms with Crippen LogP contribution in [0, 0.1) is 5.92 Å². The molecule has 1 aliphatic rings. The number of aliphatic hydroxyl groups is 1. The molecule has 5 heteroatoms. The molecule has 0 bridgehead atoms. The summed E-state index contributed by atoms with van der Waals surface area (Å²) in [6.45, 7) is 2.07. The lowest BCUT2D eigenvalue weighted by atomic mass is 9.99. The number of hydrogen-bond donors (Lipinski definition) is 2. The Morgan fingerprint density at radius 2 is 2.16 bits per heavy atom. The summed E-state index contributed by atoms with van der Waals surface area (Å²) in [6, 6.07) is 2.00. The minimum Gasteiger partial charge on any atom is -0.396 e. The molecule has 1 aliphatic heterocycles. The minimum absolute atomic E-state index is 0.248. The predicted molar refractivity (Wildman–Crippen MR) is 73.8 cm³/mol. The number of aromatic amines is 1. The van der Waals surface area contributed by atoms with Gasteiger partial charge in [0.2, 0.25) is 5.95 Å². The Kier molecular flexibility index (Phi) is 3.46. The van der Waals surface area contributed by atoms with Crippen molar-refractivity contribution in [2.45, 2.75) is 12.8 Å². The van der Waals surface area contributed by atoms with Gasteiger partial charge in [0.15, 0.2) is 0 Å². The van der Waals surface area contributed by atoms with Gasteiger partial charge in [0.1, 0.15) is 0 Å². The van der Waals surface area contributed by atoms with Crippen molar-refractivity contribution in [3.63, 3.8) is 0 Å². The van der Waals surface area contributed by atoms with Gasteiger partial charge in [-0.05, 0) is 24.8 Å². The first kappa shape index (κ1) is 12.2. The number of rotatable bonds is 3. The van der Waals surface area contributed by atoms with Crippen molar-refractivity contribution in [3.05, 3.63) is 30.9 Å². The lowest BCUT2D eigenvalue weighted by Crippen LogP contribution is -2.37. The highest BCUT2D eigenvalue weighted by Crippen LogP contribution is 2.22. The second-order valence-electron chi connectivity index (χ2n) is 5.01. The summed E-state index contributed by atoms with van der Waals surface area (Å²) < 4.78 is 0. The third-order valence-corrected chi connectivity index (χ3v) is 3.63. The average Bonchev–Trinajstić information content (AvgIpc) is 3.02. The Hall–Kier alpha value is -1.88. The van der Waals surface area contributed by atoms with Gasteiger partial charge in [-0.2, -0.15) is 0 Å². The normalized spacial score (nSPS) is 19.6. The monoisotopic (exact) mass is 258 g/mol. The highest BCUT2D eigenvalue weighted by atomic mass is 16.3. The molecule has 19 heavy (non-hydrogen) atoms. The molecule has 0 amide bonds. The van der Waals surface area contributed by atoms with Crippen LogP contribution in [-0.2, 0) is 0 Å². The fraction of sp³-hybridized carbons (Fsp3) is 0.429. The van der Waals surface area contributed by atoms with E-state index in [-0.39, 0.29) is 6.61 Å². The van der Waals surface area contributed by atoms with Crippen LogP contribution in [0.3, 0.4) is 0 Å². The van der Waals surface area contributed by atoms with E-state index >= 15 is 0 Å². The zero-order valence-electron chi connectivity index (χ0n) is 10.8. The maximum absolute atomic E-state index is 9.25. The van der Waals surface area contributed by atoms with E-state index in [9.17, 15) is 5.11 Å². The minimum atomic E-state index is 0.248. The number of H-pyrrole nitrogens is 1. The molecule has 0 radical (unpaired) electrons. The summed E-state index contributed by atoms with van der Waals surface area (Å²) >= 11 is 0. The zero-order valence-corrected chi connectivity index (χ0v) is 10.8. The van der Waals surface area contributed by atoms with Gasteiger partial charge in [-0.15, -0.1) is 0 Å². The van der Waals surface area contributed by atoms with Gasteiger partial charge in [-0.25, -0.2) is 9.97 Å². The molecule has 0 aromatic carbocycles. The lowest BCUT2D eigenvalue weighted by molar-refractivity contribution is 0.208. The fourth-order valence-corrected chi connectivity index (χ4v) is 2.53. The molecule has 1 atom stereocenters. The first-order valence-electron chi connectivity index (χ1n) is 6.68. The number of hydrogen-bond acceptors (Lipinski definition) is 4. The molecule has 1 fully saturated rings. The van der Waals surface area contributed by atoms with E-state index in [2.05, 4.69) is 19.9 Å². The van der Waals surface area contributed by atoms with Gasteiger partial charge < -0.3 is 15.0 Å². The number of nitrogens with zero attached hydrogens (tertiary/aromatic N) is 3. The summed E-state index contributed by atoms with van der Waals surface area (Å²) in [5.74, 6) is 1.11. The van der Waals surface area contributed by atoms with E-state index in [1.807, 2.05) is 30.9 Å². The van der Waals surface area contributed by atoms with Crippen LogP contribution >= 0.6 is 0 Å². The second-order valence-corrected chi connectivity index (χ2v) is 5.01. The van der Waals surface area contributed by atoms with E-state index < -0.39 is 0 Å². The van der Waals surface area contributed by atoms with Gasteiger partial charge in [0.05, 0.1) is 0 Å². The first-order valence-corrected chi connectivity index (χ1v) is 6.68. The maximum Gasteiger partial charge on any atom is 0.225 e. The van der Waals surface area contributed by atoms with Crippen LogP contribution in [0.2, 0.25) is 0 Å². The van der Waals surface area contributed by atoms with Crippen molar-refractivity contribution in [2.75, 3.05) is 24.6 Å². The molecule has 3 heterocycles. The summed E-state index contributed by atoms with van der Waals surface area (Å²) in [7, 11) is 0. The van der Waals surface area contributed by atoms with E-state index in [1.165, 1.54) is 0 Å². The zero-order chi connectivity index (χ0) is 13.1. The SMILES string of the molecule is OCC1CCCN(c2ncc(-c3cc[nH]c3)cn2)C1. The molecule has 5 nitrogen and oxygen atoms in total. The molecular formula is C14H18N4O. The Bertz CT molecular complexity index is 509. The number of aromatic nitrogens is 3. The molecular weight excluding hydrogens is 240 g/mol. The van der Waals surface area contributed by atoms with E-state index in [0.717, 1.165) is 43.0 Å². The number of piperidine rings is 1. The quantitative estimate of drug-likeness (QED) is 0.879. The molecule has 1 unspecified atom stereocenters. The van der Waals surface area contributed by atoms with Crippen molar-refractivity contribution >= 4 is 5.95 Å². The standard InChI is InChI=1S/C14H18N4O/c19-10-11-2-1-5-18(9-11)14-16-7-13(8-17-14)12-3-4-15-6-12/h3-4,6-8,11,15,19H,1-2,5,9-10H2. The molecule has 3 rings (SSSR count). The van der Waals surface area contributed by atoms with E-state index in [4.69, 9.17) is 0 Å². The highest BCUT2D eigenvalue weighted by molar-refractivity contribution is 5.61. The van der Waals surface area contributed by atoms with Crippen LogP contribution < -0.4 is 4.90 Å². The van der Waals surface area contributed by atoms with E-state index in [1.54, 1.807) is 0 Å². The van der Waals surface area contributed by atoms with Crippen LogP contribution in [0.25, 0.3) is 11.1 Å². The Balaban J connectivity index is 1.75. The molecule has 0 saturated carbocycles. The van der Waals surface area contributed by atoms with Gasteiger partial charge in [0.25, 0.3) is 0 Å². The molecule has 1 saturated heterocycles. The first-order chi connectivity index (χ1) is 9.36. The average molecular weight is 258 g/mol. The van der Waals surface area contributed by atoms with Crippen LogP contribution in [-0.4, -0.2) is 39.8 Å². The van der Waals surface area contributed by atoms with Gasteiger partial charge in [-0.3, -0.25) is 0 Å². The number of aliphatic hydroxyl groups excluding tert-OH is 1. The van der Waals surface area contributed by atoms with Crippen LogP contribution in [0.4, 0.5) is 5.95 Å². The van der Waals surface area contributed by atoms with Gasteiger partial charge in [0, 0.05) is 55.6 Å². The molecule has 2 aromatic rings. The molecule has 0 spiro atoms. The summed E-state index contributed by atoms with van der Waals surface area (Å²) in [5.41, 5.74) is 2.11. The topological polar surface area (TPSA) is 65.0 Å². The van der Waals surface area contributed by atoms with Crippen LogP contribution in [0.5, 0.6) is 0 Å². The fourth-order valence-electron chi connectivity index (χ4n) is 2.53. The summed E-state index contributed by atoms with van der Waals surface area (Å²) in [6.07, 6.45) is 9.71. The Morgan fingerprint density at radius 1 is 1.32 bits per heavy atom. The summed E-state index contributed by atoms with van der Waals surface area (Å²) in [5, 5.41) is 9.25. The smallest absolute Gasteiger partial charge is 0.225 e. The Morgan fingerprint density at radius 3 is 2.84 bits per heavy atom. The number of anilines is 1.